The fourth-order valence-corrected chi connectivity index (χ4v) is 4.61. The number of benzene rings is 4. The first-order valence-corrected chi connectivity index (χ1v) is 14.0. The number of carbonyl (C=O) groups excluding carboxylic acids is 3. The Hall–Kier alpha value is -5.15. The van der Waals surface area contributed by atoms with E-state index in [0.29, 0.717) is 16.9 Å². The molecule has 0 fully saturated rings. The first-order chi connectivity index (χ1) is 20.2. The smallest absolute Gasteiger partial charge is 0.335 e. The SMILES string of the molecule is Cc1ccc(/C=C(/NC(=O)c2ccccc2)C(=O)Nc2cccc(SCC(=O)Nc3cc(C(=O)O)ccc3C)c2)cc1. The summed E-state index contributed by atoms with van der Waals surface area (Å²) in [4.78, 5) is 50.8. The summed E-state index contributed by atoms with van der Waals surface area (Å²) in [6.45, 7) is 3.75. The summed E-state index contributed by atoms with van der Waals surface area (Å²) in [6, 6.07) is 27.7. The van der Waals surface area contributed by atoms with Crippen LogP contribution < -0.4 is 16.0 Å². The molecule has 0 heterocycles. The Kier molecular flexibility index (Phi) is 9.91. The Balaban J connectivity index is 1.44. The maximum Gasteiger partial charge on any atom is 0.335 e. The van der Waals surface area contributed by atoms with Gasteiger partial charge in [0.25, 0.3) is 11.8 Å². The van der Waals surface area contributed by atoms with E-state index in [-0.39, 0.29) is 22.9 Å². The van der Waals surface area contributed by atoms with Gasteiger partial charge in [-0.2, -0.15) is 0 Å². The van der Waals surface area contributed by atoms with E-state index in [0.717, 1.165) is 21.6 Å². The fourth-order valence-electron chi connectivity index (χ4n) is 3.86. The van der Waals surface area contributed by atoms with Gasteiger partial charge in [0.05, 0.1) is 11.3 Å². The number of carboxylic acid groups (broad SMARTS) is 1. The third-order valence-corrected chi connectivity index (χ3v) is 7.13. The molecule has 3 amide bonds. The summed E-state index contributed by atoms with van der Waals surface area (Å²) in [5.74, 6) is -2.22. The molecule has 0 unspecified atom stereocenters. The van der Waals surface area contributed by atoms with Crippen molar-refractivity contribution in [2.24, 2.45) is 0 Å². The van der Waals surface area contributed by atoms with Gasteiger partial charge in [-0.25, -0.2) is 4.79 Å². The van der Waals surface area contributed by atoms with Crippen LogP contribution in [0.15, 0.2) is 108 Å². The summed E-state index contributed by atoms with van der Waals surface area (Å²) in [6.07, 6.45) is 1.61. The minimum Gasteiger partial charge on any atom is -0.478 e. The highest BCUT2D eigenvalue weighted by Crippen LogP contribution is 2.23. The largest absolute Gasteiger partial charge is 0.478 e. The lowest BCUT2D eigenvalue weighted by molar-refractivity contribution is -0.114. The Morgan fingerprint density at radius 1 is 0.786 bits per heavy atom. The number of amides is 3. The quantitative estimate of drug-likeness (QED) is 0.132. The van der Waals surface area contributed by atoms with Crippen molar-refractivity contribution in [3.05, 3.63) is 131 Å². The molecular formula is C33H29N3O5S. The van der Waals surface area contributed by atoms with E-state index < -0.39 is 17.8 Å². The molecule has 0 aliphatic rings. The highest BCUT2D eigenvalue weighted by Gasteiger charge is 2.16. The zero-order chi connectivity index (χ0) is 30.1. The second-order valence-corrected chi connectivity index (χ2v) is 10.5. The van der Waals surface area contributed by atoms with Gasteiger partial charge >= 0.3 is 5.97 Å². The molecule has 4 aromatic rings. The molecule has 0 spiro atoms. The summed E-state index contributed by atoms with van der Waals surface area (Å²) in [5, 5.41) is 17.5. The summed E-state index contributed by atoms with van der Waals surface area (Å²) < 4.78 is 0. The third kappa shape index (κ3) is 8.42. The highest BCUT2D eigenvalue weighted by atomic mass is 32.2. The fraction of sp³-hybridized carbons (Fsp3) is 0.0909. The molecule has 4 rings (SSSR count). The number of anilines is 2. The number of aryl methyl sites for hydroxylation is 2. The minimum atomic E-state index is -1.07. The van der Waals surface area contributed by atoms with Crippen molar-refractivity contribution in [3.8, 4) is 0 Å². The maximum atomic E-state index is 13.3. The zero-order valence-electron chi connectivity index (χ0n) is 23.0. The lowest BCUT2D eigenvalue weighted by atomic mass is 10.1. The average Bonchev–Trinajstić information content (AvgIpc) is 2.98. The van der Waals surface area contributed by atoms with Gasteiger partial charge in [-0.3, -0.25) is 14.4 Å². The Morgan fingerprint density at radius 2 is 1.52 bits per heavy atom. The number of nitrogens with one attached hydrogen (secondary N) is 3. The van der Waals surface area contributed by atoms with Crippen LogP contribution in [-0.2, 0) is 9.59 Å². The second kappa shape index (κ2) is 14.0. The molecule has 0 radical (unpaired) electrons. The van der Waals surface area contributed by atoms with Gasteiger partial charge < -0.3 is 21.1 Å². The molecule has 8 nitrogen and oxygen atoms in total. The van der Waals surface area contributed by atoms with Crippen molar-refractivity contribution in [3.63, 3.8) is 0 Å². The molecule has 0 aliphatic heterocycles. The molecule has 0 saturated heterocycles. The lowest BCUT2D eigenvalue weighted by Gasteiger charge is -2.12. The van der Waals surface area contributed by atoms with Crippen LogP contribution in [0.5, 0.6) is 0 Å². The van der Waals surface area contributed by atoms with Crippen LogP contribution in [0.1, 0.15) is 37.4 Å². The monoisotopic (exact) mass is 579 g/mol. The van der Waals surface area contributed by atoms with Gasteiger partial charge in [0.2, 0.25) is 5.91 Å². The van der Waals surface area contributed by atoms with Gasteiger partial charge in [0.1, 0.15) is 5.70 Å². The highest BCUT2D eigenvalue weighted by molar-refractivity contribution is 8.00. The Bertz CT molecular complexity index is 1650. The number of rotatable bonds is 10. The number of hydrogen-bond acceptors (Lipinski definition) is 5. The molecule has 4 aromatic carbocycles. The van der Waals surface area contributed by atoms with Crippen LogP contribution in [0.3, 0.4) is 0 Å². The van der Waals surface area contributed by atoms with Crippen molar-refractivity contribution in [2.45, 2.75) is 18.7 Å². The first kappa shape index (κ1) is 29.8. The molecule has 212 valence electrons. The molecule has 0 aromatic heterocycles. The van der Waals surface area contributed by atoms with E-state index in [1.807, 2.05) is 37.3 Å². The third-order valence-electron chi connectivity index (χ3n) is 6.14. The van der Waals surface area contributed by atoms with Crippen LogP contribution in [0, 0.1) is 13.8 Å². The van der Waals surface area contributed by atoms with Crippen LogP contribution in [0.2, 0.25) is 0 Å². The summed E-state index contributed by atoms with van der Waals surface area (Å²) >= 11 is 1.26. The zero-order valence-corrected chi connectivity index (χ0v) is 23.8. The molecule has 0 atom stereocenters. The Labute approximate surface area is 247 Å². The van der Waals surface area contributed by atoms with Crippen LogP contribution >= 0.6 is 11.8 Å². The number of aromatic carboxylic acids is 1. The lowest BCUT2D eigenvalue weighted by Crippen LogP contribution is -2.30. The average molecular weight is 580 g/mol. The predicted molar refractivity (Wildman–Crippen MR) is 166 cm³/mol. The van der Waals surface area contributed by atoms with E-state index in [1.165, 1.54) is 23.9 Å². The van der Waals surface area contributed by atoms with E-state index in [9.17, 15) is 24.3 Å². The van der Waals surface area contributed by atoms with Gasteiger partial charge in [-0.1, -0.05) is 60.2 Å². The summed E-state index contributed by atoms with van der Waals surface area (Å²) in [7, 11) is 0. The molecule has 0 aliphatic carbocycles. The molecule has 4 N–H and O–H groups in total. The van der Waals surface area contributed by atoms with Gasteiger partial charge in [0, 0.05) is 21.8 Å². The van der Waals surface area contributed by atoms with Crippen molar-refractivity contribution < 1.29 is 24.3 Å². The number of thioether (sulfide) groups is 1. The number of hydrogen-bond donors (Lipinski definition) is 4. The van der Waals surface area contributed by atoms with E-state index >= 15 is 0 Å². The van der Waals surface area contributed by atoms with E-state index in [1.54, 1.807) is 67.6 Å². The standard InChI is InChI=1S/C33H29N3O5S/c1-21-11-14-23(15-12-21)17-29(36-31(38)24-7-4-3-5-8-24)32(39)34-26-9-6-10-27(19-26)42-20-30(37)35-28-18-25(33(40)41)16-13-22(28)2/h3-19H,20H2,1-2H3,(H,34,39)(H,35,37)(H,36,38)(H,40,41)/b29-17+. The molecule has 0 saturated carbocycles. The first-order valence-electron chi connectivity index (χ1n) is 13.0. The van der Waals surface area contributed by atoms with Gasteiger partial charge in [-0.05, 0) is 73.5 Å². The van der Waals surface area contributed by atoms with Crippen LogP contribution in [0.4, 0.5) is 11.4 Å². The summed E-state index contributed by atoms with van der Waals surface area (Å²) in [5.41, 5.74) is 4.06. The molecule has 9 heteroatoms. The second-order valence-electron chi connectivity index (χ2n) is 9.44. The van der Waals surface area contributed by atoms with Crippen molar-refractivity contribution in [1.82, 2.24) is 5.32 Å². The van der Waals surface area contributed by atoms with E-state index in [2.05, 4.69) is 16.0 Å². The minimum absolute atomic E-state index is 0.0693. The molecule has 0 bridgehead atoms. The van der Waals surface area contributed by atoms with Gasteiger partial charge in [-0.15, -0.1) is 11.8 Å². The Morgan fingerprint density at radius 3 is 2.24 bits per heavy atom. The predicted octanol–water partition coefficient (Wildman–Crippen LogP) is 6.14. The van der Waals surface area contributed by atoms with Crippen LogP contribution in [-0.4, -0.2) is 34.6 Å². The number of carbonyl (C=O) groups is 4. The van der Waals surface area contributed by atoms with Crippen molar-refractivity contribution in [1.29, 1.82) is 0 Å². The van der Waals surface area contributed by atoms with Gasteiger partial charge in [0.15, 0.2) is 0 Å². The van der Waals surface area contributed by atoms with E-state index in [4.69, 9.17) is 0 Å². The van der Waals surface area contributed by atoms with Crippen LogP contribution in [0.25, 0.3) is 6.08 Å². The van der Waals surface area contributed by atoms with Crippen molar-refractivity contribution >= 4 is 52.9 Å². The normalized spacial score (nSPS) is 11.0. The van der Waals surface area contributed by atoms with Crippen molar-refractivity contribution in [2.75, 3.05) is 16.4 Å². The maximum absolute atomic E-state index is 13.3. The molecule has 42 heavy (non-hydrogen) atoms. The topological polar surface area (TPSA) is 125 Å². The molecular weight excluding hydrogens is 550 g/mol. The number of carboxylic acids is 1.